The van der Waals surface area contributed by atoms with Crippen molar-refractivity contribution >= 4 is 34.2 Å². The molecule has 0 saturated heterocycles. The minimum Gasteiger partial charge on any atom is -0.324 e. The average molecular weight is 285 g/mol. The van der Waals surface area contributed by atoms with Crippen molar-refractivity contribution in [1.82, 2.24) is 0 Å². The fourth-order valence-corrected chi connectivity index (χ4v) is 2.66. The van der Waals surface area contributed by atoms with E-state index in [1.54, 1.807) is 0 Å². The summed E-state index contributed by atoms with van der Waals surface area (Å²) in [6.07, 6.45) is 2.04. The van der Waals surface area contributed by atoms with E-state index in [1.165, 1.54) is 5.56 Å². The maximum Gasteiger partial charge on any atom is 0.235 e. The molecule has 0 unspecified atom stereocenters. The van der Waals surface area contributed by atoms with Crippen molar-refractivity contribution in [3.8, 4) is 0 Å². The first-order chi connectivity index (χ1) is 6.24. The number of para-hydroxylation sites is 1. The molecule has 2 nitrogen and oxygen atoms in total. The van der Waals surface area contributed by atoms with Crippen LogP contribution in [0.4, 0.5) is 5.69 Å². The molecule has 1 aromatic rings. The maximum absolute atomic E-state index is 11.7. The highest BCUT2D eigenvalue weighted by Gasteiger charge is 2.56. The lowest BCUT2D eigenvalue weighted by molar-refractivity contribution is -0.117. The van der Waals surface area contributed by atoms with E-state index in [0.29, 0.717) is 0 Å². The molecule has 0 atom stereocenters. The van der Waals surface area contributed by atoms with Gasteiger partial charge in [0.1, 0.15) is 0 Å². The lowest BCUT2D eigenvalue weighted by atomic mass is 9.98. The SMILES string of the molecule is O=C1Nc2c(I)cccc2C12CC2. The number of nitrogens with one attached hydrogen (secondary N) is 1. The van der Waals surface area contributed by atoms with Gasteiger partial charge in [-0.1, -0.05) is 12.1 Å². The number of carbonyl (C=O) groups excluding carboxylic acids is 1. The van der Waals surface area contributed by atoms with Crippen LogP contribution < -0.4 is 5.32 Å². The van der Waals surface area contributed by atoms with Gasteiger partial charge in [0.15, 0.2) is 0 Å². The second-order valence-corrected chi connectivity index (χ2v) is 4.86. The molecule has 1 spiro atoms. The number of carbonyl (C=O) groups is 1. The first kappa shape index (κ1) is 7.79. The zero-order valence-electron chi connectivity index (χ0n) is 6.93. The Balaban J connectivity index is 2.28. The zero-order chi connectivity index (χ0) is 9.05. The van der Waals surface area contributed by atoms with Gasteiger partial charge in [0.25, 0.3) is 0 Å². The summed E-state index contributed by atoms with van der Waals surface area (Å²) in [7, 11) is 0. The summed E-state index contributed by atoms with van der Waals surface area (Å²) < 4.78 is 1.15. The molecule has 1 saturated carbocycles. The molecule has 0 radical (unpaired) electrons. The van der Waals surface area contributed by atoms with Crippen LogP contribution in [0, 0.1) is 3.57 Å². The molecule has 3 rings (SSSR count). The van der Waals surface area contributed by atoms with Crippen molar-refractivity contribution in [2.45, 2.75) is 18.3 Å². The van der Waals surface area contributed by atoms with Gasteiger partial charge in [-0.05, 0) is 47.1 Å². The van der Waals surface area contributed by atoms with E-state index in [9.17, 15) is 4.79 Å². The molecule has 1 aliphatic carbocycles. The summed E-state index contributed by atoms with van der Waals surface area (Å²) in [4.78, 5) is 11.7. The molecule has 13 heavy (non-hydrogen) atoms. The van der Waals surface area contributed by atoms with E-state index in [4.69, 9.17) is 0 Å². The monoisotopic (exact) mass is 285 g/mol. The third-order valence-electron chi connectivity index (χ3n) is 2.95. The zero-order valence-corrected chi connectivity index (χ0v) is 9.09. The predicted octanol–water partition coefficient (Wildman–Crippen LogP) is 2.27. The van der Waals surface area contributed by atoms with Crippen LogP contribution in [0.3, 0.4) is 0 Å². The van der Waals surface area contributed by atoms with Gasteiger partial charge in [-0.3, -0.25) is 4.79 Å². The number of anilines is 1. The second kappa shape index (κ2) is 2.26. The molecule has 1 aliphatic heterocycles. The molecule has 1 N–H and O–H groups in total. The van der Waals surface area contributed by atoms with Crippen LogP contribution in [0.1, 0.15) is 18.4 Å². The van der Waals surface area contributed by atoms with Crippen LogP contribution >= 0.6 is 22.6 Å². The van der Waals surface area contributed by atoms with Gasteiger partial charge < -0.3 is 5.32 Å². The second-order valence-electron chi connectivity index (χ2n) is 3.70. The molecular formula is C10H8INO. The summed E-state index contributed by atoms with van der Waals surface area (Å²) in [6, 6.07) is 6.13. The number of hydrogen-bond acceptors (Lipinski definition) is 1. The van der Waals surface area contributed by atoms with Crippen molar-refractivity contribution < 1.29 is 4.79 Å². The van der Waals surface area contributed by atoms with Crippen LogP contribution in [0.2, 0.25) is 0 Å². The first-order valence-corrected chi connectivity index (χ1v) is 5.42. The summed E-state index contributed by atoms with van der Waals surface area (Å²) in [5.41, 5.74) is 2.13. The maximum atomic E-state index is 11.7. The standard InChI is InChI=1S/C10H8INO/c11-7-3-1-2-6-8(7)12-9(13)10(6)4-5-10/h1-3H,4-5H2,(H,12,13). The Morgan fingerprint density at radius 3 is 2.85 bits per heavy atom. The molecular weight excluding hydrogens is 277 g/mol. The number of halogens is 1. The predicted molar refractivity (Wildman–Crippen MR) is 58.7 cm³/mol. The topological polar surface area (TPSA) is 29.1 Å². The van der Waals surface area contributed by atoms with Crippen LogP contribution in [-0.2, 0) is 10.2 Å². The third kappa shape index (κ3) is 0.855. The number of benzene rings is 1. The number of rotatable bonds is 0. The van der Waals surface area contributed by atoms with Gasteiger partial charge in [0, 0.05) is 3.57 Å². The Labute approximate surface area is 89.9 Å². The van der Waals surface area contributed by atoms with E-state index in [-0.39, 0.29) is 11.3 Å². The Morgan fingerprint density at radius 1 is 1.38 bits per heavy atom. The minimum absolute atomic E-state index is 0.128. The van der Waals surface area contributed by atoms with E-state index in [2.05, 4.69) is 34.0 Å². The number of amides is 1. The Hall–Kier alpha value is -0.580. The summed E-state index contributed by atoms with van der Waals surface area (Å²) >= 11 is 2.27. The summed E-state index contributed by atoms with van der Waals surface area (Å²) in [5, 5.41) is 2.97. The van der Waals surface area contributed by atoms with Crippen LogP contribution in [0.25, 0.3) is 0 Å². The van der Waals surface area contributed by atoms with Gasteiger partial charge in [0.05, 0.1) is 11.1 Å². The molecule has 0 bridgehead atoms. The summed E-state index contributed by atoms with van der Waals surface area (Å²) in [6.45, 7) is 0. The summed E-state index contributed by atoms with van der Waals surface area (Å²) in [5.74, 6) is 0.201. The third-order valence-corrected chi connectivity index (χ3v) is 3.85. The van der Waals surface area contributed by atoms with E-state index in [1.807, 2.05) is 12.1 Å². The van der Waals surface area contributed by atoms with Gasteiger partial charge in [-0.25, -0.2) is 0 Å². The van der Waals surface area contributed by atoms with Crippen molar-refractivity contribution in [2.75, 3.05) is 5.32 Å². The molecule has 2 aliphatic rings. The fourth-order valence-electron chi connectivity index (χ4n) is 2.03. The lowest BCUT2D eigenvalue weighted by Gasteiger charge is -2.03. The molecule has 0 aromatic heterocycles. The highest BCUT2D eigenvalue weighted by atomic mass is 127. The van der Waals surface area contributed by atoms with Crippen molar-refractivity contribution in [2.24, 2.45) is 0 Å². The van der Waals surface area contributed by atoms with Gasteiger partial charge in [-0.2, -0.15) is 0 Å². The molecule has 1 heterocycles. The lowest BCUT2D eigenvalue weighted by Crippen LogP contribution is -2.18. The van der Waals surface area contributed by atoms with Crippen LogP contribution in [0.15, 0.2) is 18.2 Å². The fraction of sp³-hybridized carbons (Fsp3) is 0.300. The number of hydrogen-bond donors (Lipinski definition) is 1. The molecule has 1 aromatic carbocycles. The van der Waals surface area contributed by atoms with Crippen LogP contribution in [0.5, 0.6) is 0 Å². The molecule has 1 amide bonds. The quantitative estimate of drug-likeness (QED) is 0.728. The Morgan fingerprint density at radius 2 is 2.15 bits per heavy atom. The smallest absolute Gasteiger partial charge is 0.235 e. The minimum atomic E-state index is -0.128. The van der Waals surface area contributed by atoms with Crippen molar-refractivity contribution in [3.05, 3.63) is 27.3 Å². The highest BCUT2D eigenvalue weighted by Crippen LogP contribution is 2.55. The van der Waals surface area contributed by atoms with Gasteiger partial charge >= 0.3 is 0 Å². The Bertz CT molecular complexity index is 409. The van der Waals surface area contributed by atoms with Gasteiger partial charge in [-0.15, -0.1) is 0 Å². The normalized spacial score (nSPS) is 21.5. The largest absolute Gasteiger partial charge is 0.324 e. The van der Waals surface area contributed by atoms with Crippen molar-refractivity contribution in [1.29, 1.82) is 0 Å². The van der Waals surface area contributed by atoms with E-state index < -0.39 is 0 Å². The molecule has 1 fully saturated rings. The molecule has 3 heteroatoms. The van der Waals surface area contributed by atoms with Crippen LogP contribution in [-0.4, -0.2) is 5.91 Å². The van der Waals surface area contributed by atoms with E-state index in [0.717, 1.165) is 22.1 Å². The average Bonchev–Trinajstić information content (AvgIpc) is 2.83. The van der Waals surface area contributed by atoms with Crippen molar-refractivity contribution in [3.63, 3.8) is 0 Å². The molecule has 66 valence electrons. The Kier molecular flexibility index (Phi) is 1.35. The first-order valence-electron chi connectivity index (χ1n) is 4.34. The van der Waals surface area contributed by atoms with Gasteiger partial charge in [0.2, 0.25) is 5.91 Å². The van der Waals surface area contributed by atoms with E-state index >= 15 is 0 Å². The number of fused-ring (bicyclic) bond motifs is 2. The highest BCUT2D eigenvalue weighted by molar-refractivity contribution is 14.1.